The van der Waals surface area contributed by atoms with Crippen molar-refractivity contribution >= 4 is 13.8 Å². The first-order valence-corrected chi connectivity index (χ1v) is 9.72. The summed E-state index contributed by atoms with van der Waals surface area (Å²) in [6.07, 6.45) is -0.708. The predicted molar refractivity (Wildman–Crippen MR) is 103 cm³/mol. The standard InChI is InChI=1S/C17H34BN3O6/c1-23-11-13-15(24-2)16(17(18)27-13)26-12-14(22)20-4-3-19-5-6-21-7-9-25-10-8-21/h13,15-17,19H,3-12,18H2,1-2H3,(H,20,22)/t13-,15?,16+,17-/m1/s1. The van der Waals surface area contributed by atoms with E-state index in [9.17, 15) is 4.79 Å². The summed E-state index contributed by atoms with van der Waals surface area (Å²) in [5, 5.41) is 6.20. The molecule has 9 nitrogen and oxygen atoms in total. The van der Waals surface area contributed by atoms with Gasteiger partial charge in [0.05, 0.1) is 25.8 Å². The molecule has 2 saturated heterocycles. The molecule has 0 bridgehead atoms. The molecule has 0 aromatic heterocycles. The van der Waals surface area contributed by atoms with Gasteiger partial charge in [-0.1, -0.05) is 0 Å². The summed E-state index contributed by atoms with van der Waals surface area (Å²) in [4.78, 5) is 14.4. The average molecular weight is 387 g/mol. The van der Waals surface area contributed by atoms with Crippen LogP contribution < -0.4 is 10.6 Å². The van der Waals surface area contributed by atoms with Crippen molar-refractivity contribution in [2.45, 2.75) is 24.3 Å². The summed E-state index contributed by atoms with van der Waals surface area (Å²) < 4.78 is 27.5. The number of rotatable bonds is 12. The lowest BCUT2D eigenvalue weighted by Gasteiger charge is -2.26. The highest BCUT2D eigenvalue weighted by atomic mass is 16.6. The Hall–Kier alpha value is -0.745. The Balaban J connectivity index is 1.53. The van der Waals surface area contributed by atoms with E-state index in [0.717, 1.165) is 45.9 Å². The molecule has 0 aromatic carbocycles. The third-order valence-electron chi connectivity index (χ3n) is 4.88. The van der Waals surface area contributed by atoms with Gasteiger partial charge in [0.1, 0.15) is 32.8 Å². The minimum atomic E-state index is -0.285. The molecule has 2 rings (SSSR count). The smallest absolute Gasteiger partial charge is 0.246 e. The first-order chi connectivity index (χ1) is 13.2. The Bertz CT molecular complexity index is 427. The quantitative estimate of drug-likeness (QED) is 0.279. The van der Waals surface area contributed by atoms with E-state index in [2.05, 4.69) is 15.5 Å². The van der Waals surface area contributed by atoms with E-state index in [4.69, 9.17) is 23.7 Å². The van der Waals surface area contributed by atoms with Crippen LogP contribution >= 0.6 is 0 Å². The number of carbonyl (C=O) groups is 1. The number of carbonyl (C=O) groups excluding carboxylic acids is 1. The second kappa shape index (κ2) is 12.7. The van der Waals surface area contributed by atoms with E-state index in [1.165, 1.54) is 0 Å². The van der Waals surface area contributed by atoms with Crippen LogP contribution in [0.2, 0.25) is 0 Å². The molecule has 2 fully saturated rings. The topological polar surface area (TPSA) is 90.5 Å². The van der Waals surface area contributed by atoms with Crippen molar-refractivity contribution in [3.8, 4) is 0 Å². The van der Waals surface area contributed by atoms with Crippen LogP contribution in [-0.2, 0) is 28.5 Å². The number of ether oxygens (including phenoxy) is 5. The summed E-state index contributed by atoms with van der Waals surface area (Å²) in [7, 11) is 5.16. The van der Waals surface area contributed by atoms with Crippen molar-refractivity contribution in [2.75, 3.05) is 79.9 Å². The Morgan fingerprint density at radius 3 is 2.67 bits per heavy atom. The molecule has 0 spiro atoms. The van der Waals surface area contributed by atoms with Gasteiger partial charge in [0.2, 0.25) is 5.91 Å². The molecule has 0 aromatic rings. The fraction of sp³-hybridized carbons (Fsp3) is 0.941. The van der Waals surface area contributed by atoms with Crippen molar-refractivity contribution in [1.29, 1.82) is 0 Å². The highest BCUT2D eigenvalue weighted by Crippen LogP contribution is 2.24. The van der Waals surface area contributed by atoms with Crippen molar-refractivity contribution in [1.82, 2.24) is 15.5 Å². The number of amides is 1. The van der Waals surface area contributed by atoms with Crippen molar-refractivity contribution < 1.29 is 28.5 Å². The summed E-state index contributed by atoms with van der Waals surface area (Å²) in [6, 6.07) is -0.148. The lowest BCUT2D eigenvalue weighted by molar-refractivity contribution is -0.130. The minimum absolute atomic E-state index is 0.00823. The molecular formula is C17H34BN3O6. The van der Waals surface area contributed by atoms with E-state index in [0.29, 0.717) is 13.2 Å². The van der Waals surface area contributed by atoms with Crippen LogP contribution in [-0.4, -0.2) is 123 Å². The largest absolute Gasteiger partial charge is 0.382 e. The number of morpholine rings is 1. The van der Waals surface area contributed by atoms with Gasteiger partial charge < -0.3 is 34.3 Å². The van der Waals surface area contributed by atoms with Gasteiger partial charge in [-0.15, -0.1) is 0 Å². The van der Waals surface area contributed by atoms with Crippen molar-refractivity contribution in [2.24, 2.45) is 0 Å². The molecule has 2 heterocycles. The zero-order valence-electron chi connectivity index (χ0n) is 16.8. The fourth-order valence-corrected chi connectivity index (χ4v) is 3.42. The highest BCUT2D eigenvalue weighted by molar-refractivity contribution is 6.11. The van der Waals surface area contributed by atoms with Crippen LogP contribution in [0.4, 0.5) is 0 Å². The summed E-state index contributed by atoms with van der Waals surface area (Å²) >= 11 is 0. The van der Waals surface area contributed by atoms with Crippen LogP contribution in [0, 0.1) is 0 Å². The van der Waals surface area contributed by atoms with Gasteiger partial charge >= 0.3 is 0 Å². The lowest BCUT2D eigenvalue weighted by atomic mass is 9.93. The first kappa shape index (κ1) is 22.5. The molecule has 156 valence electrons. The average Bonchev–Trinajstić information content (AvgIpc) is 2.98. The predicted octanol–water partition coefficient (Wildman–Crippen LogP) is -2.57. The molecular weight excluding hydrogens is 353 g/mol. The molecule has 0 saturated carbocycles. The number of methoxy groups -OCH3 is 2. The zero-order chi connectivity index (χ0) is 19.5. The fourth-order valence-electron chi connectivity index (χ4n) is 3.42. The second-order valence-corrected chi connectivity index (χ2v) is 6.86. The normalized spacial score (nSPS) is 29.1. The van der Waals surface area contributed by atoms with Crippen LogP contribution in [0.15, 0.2) is 0 Å². The van der Waals surface area contributed by atoms with Crippen LogP contribution in [0.3, 0.4) is 0 Å². The number of hydrogen-bond donors (Lipinski definition) is 2. The second-order valence-electron chi connectivity index (χ2n) is 6.86. The SMILES string of the molecule is B[C@@H]1O[C@H](COC)C(OC)[C@@H]1OCC(=O)NCCNCCN1CCOCC1. The Morgan fingerprint density at radius 2 is 1.96 bits per heavy atom. The summed E-state index contributed by atoms with van der Waals surface area (Å²) in [5.41, 5.74) is 0. The third-order valence-corrected chi connectivity index (χ3v) is 4.88. The van der Waals surface area contributed by atoms with E-state index in [1.807, 2.05) is 7.85 Å². The molecule has 10 heteroatoms. The van der Waals surface area contributed by atoms with E-state index < -0.39 is 0 Å². The lowest BCUT2D eigenvalue weighted by Crippen LogP contribution is -2.42. The van der Waals surface area contributed by atoms with Crippen LogP contribution in [0.5, 0.6) is 0 Å². The van der Waals surface area contributed by atoms with Gasteiger partial charge in [-0.2, -0.15) is 0 Å². The minimum Gasteiger partial charge on any atom is -0.382 e. The van der Waals surface area contributed by atoms with Gasteiger partial charge in [0.25, 0.3) is 0 Å². The maximum absolute atomic E-state index is 12.0. The number of hydrogen-bond acceptors (Lipinski definition) is 8. The van der Waals surface area contributed by atoms with Gasteiger partial charge in [0.15, 0.2) is 0 Å². The number of nitrogens with one attached hydrogen (secondary N) is 2. The zero-order valence-corrected chi connectivity index (χ0v) is 16.8. The summed E-state index contributed by atoms with van der Waals surface area (Å²) in [6.45, 7) is 7.25. The van der Waals surface area contributed by atoms with Gasteiger partial charge in [-0.25, -0.2) is 0 Å². The van der Waals surface area contributed by atoms with Crippen LogP contribution in [0.25, 0.3) is 0 Å². The maximum Gasteiger partial charge on any atom is 0.246 e. The van der Waals surface area contributed by atoms with Gasteiger partial charge in [0, 0.05) is 53.5 Å². The van der Waals surface area contributed by atoms with Gasteiger partial charge in [-0.05, 0) is 0 Å². The van der Waals surface area contributed by atoms with Crippen molar-refractivity contribution in [3.63, 3.8) is 0 Å². The Morgan fingerprint density at radius 1 is 1.19 bits per heavy atom. The molecule has 1 amide bonds. The molecule has 1 unspecified atom stereocenters. The molecule has 4 atom stereocenters. The molecule has 2 aliphatic heterocycles. The Labute approximate surface area is 162 Å². The molecule has 2 N–H and O–H groups in total. The molecule has 2 aliphatic rings. The van der Waals surface area contributed by atoms with E-state index in [1.54, 1.807) is 14.2 Å². The summed E-state index contributed by atoms with van der Waals surface area (Å²) in [5.74, 6) is -0.137. The molecule has 0 aliphatic carbocycles. The third kappa shape index (κ3) is 7.65. The first-order valence-electron chi connectivity index (χ1n) is 9.72. The Kier molecular flexibility index (Phi) is 10.6. The van der Waals surface area contributed by atoms with E-state index in [-0.39, 0.29) is 36.8 Å². The highest BCUT2D eigenvalue weighted by Gasteiger charge is 2.43. The monoisotopic (exact) mass is 387 g/mol. The van der Waals surface area contributed by atoms with E-state index >= 15 is 0 Å². The molecule has 27 heavy (non-hydrogen) atoms. The molecule has 0 radical (unpaired) electrons. The van der Waals surface area contributed by atoms with Crippen LogP contribution in [0.1, 0.15) is 0 Å². The number of nitrogens with zero attached hydrogens (tertiary/aromatic N) is 1. The maximum atomic E-state index is 12.0. The van der Waals surface area contributed by atoms with Gasteiger partial charge in [-0.3, -0.25) is 9.69 Å². The van der Waals surface area contributed by atoms with Crippen molar-refractivity contribution in [3.05, 3.63) is 0 Å².